The summed E-state index contributed by atoms with van der Waals surface area (Å²) in [4.78, 5) is 15.0. The lowest BCUT2D eigenvalue weighted by Crippen LogP contribution is -2.48. The van der Waals surface area contributed by atoms with Crippen molar-refractivity contribution in [3.05, 3.63) is 28.2 Å². The van der Waals surface area contributed by atoms with E-state index in [2.05, 4.69) is 52.9 Å². The third kappa shape index (κ3) is 3.88. The van der Waals surface area contributed by atoms with Gasteiger partial charge in [0.25, 0.3) is 0 Å². The summed E-state index contributed by atoms with van der Waals surface area (Å²) in [6.07, 6.45) is 4.23. The van der Waals surface area contributed by atoms with Gasteiger partial charge in [-0.25, -0.2) is 4.79 Å². The van der Waals surface area contributed by atoms with E-state index in [0.717, 1.165) is 17.6 Å². The second kappa shape index (κ2) is 6.95. The standard InChI is InChI=1S/C19H27BrN2O2/c1-19(2)7-5-14(6-8-19)16-13-15(20)3-4-17(16)21-9-11-22(12-10-21)18(23)24/h3-4,13-14H,5-12H2,1-2H3,(H,23,24). The maximum Gasteiger partial charge on any atom is 0.407 e. The fourth-order valence-corrected chi connectivity index (χ4v) is 4.37. The van der Waals surface area contributed by atoms with Gasteiger partial charge in [0, 0.05) is 36.3 Å². The van der Waals surface area contributed by atoms with E-state index in [9.17, 15) is 4.79 Å². The summed E-state index contributed by atoms with van der Waals surface area (Å²) in [5.41, 5.74) is 3.20. The number of nitrogens with zero attached hydrogens (tertiary/aromatic N) is 2. The molecule has 1 aliphatic carbocycles. The summed E-state index contributed by atoms with van der Waals surface area (Å²) in [7, 11) is 0. The van der Waals surface area contributed by atoms with Crippen molar-refractivity contribution < 1.29 is 9.90 Å². The number of benzene rings is 1. The summed E-state index contributed by atoms with van der Waals surface area (Å²) >= 11 is 3.63. The zero-order valence-corrected chi connectivity index (χ0v) is 16.2. The number of hydrogen-bond acceptors (Lipinski definition) is 2. The lowest BCUT2D eigenvalue weighted by Gasteiger charge is -2.39. The van der Waals surface area contributed by atoms with Crippen LogP contribution in [0.2, 0.25) is 0 Å². The van der Waals surface area contributed by atoms with Crippen LogP contribution in [0.3, 0.4) is 0 Å². The van der Waals surface area contributed by atoms with Crippen molar-refractivity contribution >= 4 is 27.7 Å². The number of carbonyl (C=O) groups is 1. The average Bonchev–Trinajstić information content (AvgIpc) is 2.55. The van der Waals surface area contributed by atoms with Crippen LogP contribution >= 0.6 is 15.9 Å². The molecule has 1 saturated carbocycles. The van der Waals surface area contributed by atoms with Gasteiger partial charge in [0.05, 0.1) is 0 Å². The molecule has 4 nitrogen and oxygen atoms in total. The van der Waals surface area contributed by atoms with Crippen LogP contribution in [0.15, 0.2) is 22.7 Å². The van der Waals surface area contributed by atoms with Crippen LogP contribution < -0.4 is 4.90 Å². The smallest absolute Gasteiger partial charge is 0.407 e. The first-order chi connectivity index (χ1) is 11.4. The highest BCUT2D eigenvalue weighted by Gasteiger charge is 2.30. The van der Waals surface area contributed by atoms with E-state index in [1.54, 1.807) is 0 Å². The average molecular weight is 395 g/mol. The Morgan fingerprint density at radius 2 is 1.79 bits per heavy atom. The van der Waals surface area contributed by atoms with Gasteiger partial charge in [-0.1, -0.05) is 29.8 Å². The highest BCUT2D eigenvalue weighted by Crippen LogP contribution is 2.45. The largest absolute Gasteiger partial charge is 0.465 e. The quantitative estimate of drug-likeness (QED) is 0.772. The van der Waals surface area contributed by atoms with E-state index >= 15 is 0 Å². The summed E-state index contributed by atoms with van der Waals surface area (Å²) < 4.78 is 1.13. The van der Waals surface area contributed by atoms with Crippen LogP contribution in [0.5, 0.6) is 0 Å². The van der Waals surface area contributed by atoms with Crippen molar-refractivity contribution in [1.82, 2.24) is 4.90 Å². The van der Waals surface area contributed by atoms with Gasteiger partial charge in [0.1, 0.15) is 0 Å². The second-order valence-electron chi connectivity index (χ2n) is 7.90. The van der Waals surface area contributed by atoms with Gasteiger partial charge in [-0.15, -0.1) is 0 Å². The van der Waals surface area contributed by atoms with Gasteiger partial charge in [-0.2, -0.15) is 0 Å². The Morgan fingerprint density at radius 1 is 1.17 bits per heavy atom. The van der Waals surface area contributed by atoms with E-state index in [0.29, 0.717) is 24.4 Å². The molecule has 0 radical (unpaired) electrons. The topological polar surface area (TPSA) is 43.8 Å². The van der Waals surface area contributed by atoms with Crippen LogP contribution in [-0.2, 0) is 0 Å². The van der Waals surface area contributed by atoms with Crippen molar-refractivity contribution in [1.29, 1.82) is 0 Å². The minimum atomic E-state index is -0.805. The van der Waals surface area contributed by atoms with Crippen molar-refractivity contribution in [3.63, 3.8) is 0 Å². The van der Waals surface area contributed by atoms with Crippen LogP contribution in [0.25, 0.3) is 0 Å². The number of anilines is 1. The highest BCUT2D eigenvalue weighted by molar-refractivity contribution is 9.10. The van der Waals surface area contributed by atoms with Crippen molar-refractivity contribution in [3.8, 4) is 0 Å². The molecule has 1 N–H and O–H groups in total. The van der Waals surface area contributed by atoms with Crippen LogP contribution in [0, 0.1) is 5.41 Å². The van der Waals surface area contributed by atoms with Gasteiger partial charge >= 0.3 is 6.09 Å². The maximum atomic E-state index is 11.1. The second-order valence-corrected chi connectivity index (χ2v) is 8.81. The molecule has 1 aliphatic heterocycles. The van der Waals surface area contributed by atoms with Crippen molar-refractivity contribution in [2.75, 3.05) is 31.1 Å². The maximum absolute atomic E-state index is 11.1. The Labute approximate surface area is 153 Å². The van der Waals surface area contributed by atoms with Crippen LogP contribution in [-0.4, -0.2) is 42.3 Å². The molecule has 0 atom stereocenters. The Morgan fingerprint density at radius 3 is 2.38 bits per heavy atom. The molecule has 1 amide bonds. The normalized spacial score (nSPS) is 21.8. The van der Waals surface area contributed by atoms with Crippen molar-refractivity contribution in [2.45, 2.75) is 45.4 Å². The Kier molecular flexibility index (Phi) is 5.09. The van der Waals surface area contributed by atoms with E-state index in [1.807, 2.05) is 0 Å². The zero-order chi connectivity index (χ0) is 17.3. The Hall–Kier alpha value is -1.23. The number of rotatable bonds is 2. The third-order valence-corrected chi connectivity index (χ3v) is 6.15. The molecule has 1 saturated heterocycles. The Balaban J connectivity index is 1.78. The zero-order valence-electron chi connectivity index (χ0n) is 14.6. The Bertz CT molecular complexity index is 599. The van der Waals surface area contributed by atoms with Gasteiger partial charge in [-0.3, -0.25) is 0 Å². The summed E-state index contributed by atoms with van der Waals surface area (Å²) in [6, 6.07) is 6.59. The summed E-state index contributed by atoms with van der Waals surface area (Å²) in [5.74, 6) is 0.614. The minimum absolute atomic E-state index is 0.468. The minimum Gasteiger partial charge on any atom is -0.465 e. The predicted octanol–water partition coefficient (Wildman–Crippen LogP) is 4.93. The molecule has 5 heteroatoms. The molecule has 132 valence electrons. The molecule has 0 aromatic heterocycles. The first-order valence-electron chi connectivity index (χ1n) is 8.88. The number of amides is 1. The molecular weight excluding hydrogens is 368 g/mol. The molecular formula is C19H27BrN2O2. The van der Waals surface area contributed by atoms with Crippen LogP contribution in [0.1, 0.15) is 51.0 Å². The van der Waals surface area contributed by atoms with E-state index < -0.39 is 6.09 Å². The molecule has 0 spiro atoms. The lowest BCUT2D eigenvalue weighted by molar-refractivity contribution is 0.142. The van der Waals surface area contributed by atoms with E-state index in [1.165, 1.54) is 41.8 Å². The lowest BCUT2D eigenvalue weighted by atomic mass is 9.71. The molecule has 1 aromatic rings. The van der Waals surface area contributed by atoms with E-state index in [-0.39, 0.29) is 0 Å². The van der Waals surface area contributed by atoms with Gasteiger partial charge in [-0.05, 0) is 60.8 Å². The fourth-order valence-electron chi connectivity index (χ4n) is 3.99. The molecule has 2 aliphatic rings. The first kappa shape index (κ1) is 17.6. The van der Waals surface area contributed by atoms with Crippen molar-refractivity contribution in [2.24, 2.45) is 5.41 Å². The van der Waals surface area contributed by atoms with Gasteiger partial charge in [0.2, 0.25) is 0 Å². The summed E-state index contributed by atoms with van der Waals surface area (Å²) in [6.45, 7) is 7.47. The highest BCUT2D eigenvalue weighted by atomic mass is 79.9. The molecule has 1 heterocycles. The molecule has 1 aromatic carbocycles. The van der Waals surface area contributed by atoms with Gasteiger partial charge < -0.3 is 14.9 Å². The summed E-state index contributed by atoms with van der Waals surface area (Å²) in [5, 5.41) is 9.14. The third-order valence-electron chi connectivity index (χ3n) is 5.66. The van der Waals surface area contributed by atoms with Gasteiger partial charge in [0.15, 0.2) is 0 Å². The monoisotopic (exact) mass is 394 g/mol. The molecule has 2 fully saturated rings. The molecule has 24 heavy (non-hydrogen) atoms. The SMILES string of the molecule is CC1(C)CCC(c2cc(Br)ccc2N2CCN(C(=O)O)CC2)CC1. The predicted molar refractivity (Wildman–Crippen MR) is 101 cm³/mol. The molecule has 0 bridgehead atoms. The number of halogens is 1. The number of carboxylic acid groups (broad SMARTS) is 1. The first-order valence-corrected chi connectivity index (χ1v) is 9.67. The molecule has 3 rings (SSSR count). The molecule has 0 unspecified atom stereocenters. The fraction of sp³-hybridized carbons (Fsp3) is 0.632. The van der Waals surface area contributed by atoms with Crippen LogP contribution in [0.4, 0.5) is 10.5 Å². The number of piperazine rings is 1. The van der Waals surface area contributed by atoms with E-state index in [4.69, 9.17) is 5.11 Å². The number of hydrogen-bond donors (Lipinski definition) is 1.